The summed E-state index contributed by atoms with van der Waals surface area (Å²) in [6, 6.07) is 25.0. The minimum atomic E-state index is -0.857. The smallest absolute Gasteiger partial charge is 0.266 e. The largest absolute Gasteiger partial charge is 0.273 e. The molecule has 0 spiro atoms. The number of carbonyl (C=O) groups excluding carboxylic acids is 2. The summed E-state index contributed by atoms with van der Waals surface area (Å²) in [7, 11) is 0. The van der Waals surface area contributed by atoms with E-state index in [-0.39, 0.29) is 17.2 Å². The van der Waals surface area contributed by atoms with Crippen LogP contribution in [0.3, 0.4) is 0 Å². The lowest BCUT2D eigenvalue weighted by Gasteiger charge is -2.29. The number of fused-ring (bicyclic) bond motifs is 1. The number of hydroxylamine groups is 1. The van der Waals surface area contributed by atoms with Gasteiger partial charge in [0, 0.05) is 0 Å². The monoisotopic (exact) mass is 440 g/mol. The number of anilines is 2. The lowest BCUT2D eigenvalue weighted by molar-refractivity contribution is -0.126. The van der Waals surface area contributed by atoms with Gasteiger partial charge < -0.3 is 0 Å². The van der Waals surface area contributed by atoms with Crippen LogP contribution in [-0.2, 0) is 19.8 Å². The van der Waals surface area contributed by atoms with Crippen molar-refractivity contribution in [1.29, 1.82) is 0 Å². The molecule has 2 saturated heterocycles. The summed E-state index contributed by atoms with van der Waals surface area (Å²) < 4.78 is 0. The highest BCUT2D eigenvalue weighted by Gasteiger charge is 2.60. The summed E-state index contributed by atoms with van der Waals surface area (Å²) in [5.74, 6) is -1.16. The van der Waals surface area contributed by atoms with Gasteiger partial charge in [-0.2, -0.15) is 0 Å². The molecule has 3 aromatic carbocycles. The molecule has 0 N–H and O–H groups in total. The van der Waals surface area contributed by atoms with E-state index < -0.39 is 18.1 Å². The minimum Gasteiger partial charge on any atom is -0.273 e. The van der Waals surface area contributed by atoms with Crippen molar-refractivity contribution in [2.75, 3.05) is 9.96 Å². The molecule has 5 nitrogen and oxygen atoms in total. The van der Waals surface area contributed by atoms with Gasteiger partial charge in [-0.05, 0) is 47.2 Å². The van der Waals surface area contributed by atoms with Gasteiger partial charge in [-0.1, -0.05) is 81.4 Å². The number of benzene rings is 3. The molecule has 2 heterocycles. The van der Waals surface area contributed by atoms with E-state index in [2.05, 4.69) is 45.0 Å². The van der Waals surface area contributed by atoms with Gasteiger partial charge in [0.1, 0.15) is 5.92 Å². The van der Waals surface area contributed by atoms with Gasteiger partial charge in [0.05, 0.1) is 17.4 Å². The van der Waals surface area contributed by atoms with E-state index in [1.54, 1.807) is 5.06 Å². The number of amides is 2. The highest BCUT2D eigenvalue weighted by Crippen LogP contribution is 2.48. The molecule has 0 aliphatic carbocycles. The number of nitrogens with zero attached hydrogens (tertiary/aromatic N) is 2. The van der Waals surface area contributed by atoms with E-state index in [0.29, 0.717) is 5.69 Å². The molecule has 3 aromatic rings. The third-order valence-electron chi connectivity index (χ3n) is 6.60. The van der Waals surface area contributed by atoms with Gasteiger partial charge in [0.2, 0.25) is 5.91 Å². The number of carbonyl (C=O) groups is 2. The predicted octanol–water partition coefficient (Wildman–Crippen LogP) is 5.34. The van der Waals surface area contributed by atoms with Gasteiger partial charge in [-0.3, -0.25) is 14.4 Å². The topological polar surface area (TPSA) is 49.9 Å². The summed E-state index contributed by atoms with van der Waals surface area (Å²) in [6.45, 7) is 8.43. The fourth-order valence-corrected chi connectivity index (χ4v) is 4.78. The lowest BCUT2D eigenvalue weighted by atomic mass is 9.84. The maximum absolute atomic E-state index is 13.7. The van der Waals surface area contributed by atoms with Crippen LogP contribution in [0.5, 0.6) is 0 Å². The molecule has 33 heavy (non-hydrogen) atoms. The van der Waals surface area contributed by atoms with Crippen LogP contribution in [-0.4, -0.2) is 17.9 Å². The zero-order chi connectivity index (χ0) is 23.3. The average Bonchev–Trinajstić information content (AvgIpc) is 3.31. The fraction of sp³-hybridized carbons (Fsp3) is 0.286. The summed E-state index contributed by atoms with van der Waals surface area (Å²) in [5.41, 5.74) is 4.51. The molecule has 0 saturated carbocycles. The Labute approximate surface area is 194 Å². The number of hydrogen-bond acceptors (Lipinski definition) is 4. The quantitative estimate of drug-likeness (QED) is 0.516. The zero-order valence-electron chi connectivity index (χ0n) is 19.4. The van der Waals surface area contributed by atoms with Crippen molar-refractivity contribution in [3.05, 3.63) is 95.6 Å². The number of rotatable bonds is 3. The molecule has 0 bridgehead atoms. The first kappa shape index (κ1) is 21.4. The number of para-hydroxylation sites is 2. The van der Waals surface area contributed by atoms with Gasteiger partial charge in [0.25, 0.3) is 5.91 Å². The third kappa shape index (κ3) is 3.53. The Hall–Kier alpha value is -3.44. The first-order valence-electron chi connectivity index (χ1n) is 11.3. The summed E-state index contributed by atoms with van der Waals surface area (Å²) in [6.07, 6.45) is -0.857. The van der Waals surface area contributed by atoms with Gasteiger partial charge >= 0.3 is 0 Å². The number of aryl methyl sites for hydroxylation is 1. The molecule has 0 aromatic heterocycles. The van der Waals surface area contributed by atoms with E-state index in [9.17, 15) is 9.59 Å². The highest BCUT2D eigenvalue weighted by atomic mass is 16.7. The molecule has 5 heteroatoms. The molecular formula is C28H28N2O3. The number of imide groups is 1. The lowest BCUT2D eigenvalue weighted by Crippen LogP contribution is -2.37. The third-order valence-corrected chi connectivity index (χ3v) is 6.60. The Kier molecular flexibility index (Phi) is 5.09. The molecule has 0 unspecified atom stereocenters. The van der Waals surface area contributed by atoms with Crippen LogP contribution in [0.25, 0.3) is 0 Å². The SMILES string of the molecule is Cc1ccccc1N1C(=O)[C@@H]2[C@H](ON(c3ccccc3)[C@@H]2c2ccc(C(C)(C)C)cc2)C1=O. The van der Waals surface area contributed by atoms with Crippen molar-refractivity contribution in [1.82, 2.24) is 0 Å². The molecule has 168 valence electrons. The second-order valence-corrected chi connectivity index (χ2v) is 9.83. The predicted molar refractivity (Wildman–Crippen MR) is 129 cm³/mol. The van der Waals surface area contributed by atoms with Crippen molar-refractivity contribution in [2.45, 2.75) is 45.3 Å². The maximum atomic E-state index is 13.7. The molecule has 5 rings (SSSR count). The molecule has 2 aliphatic heterocycles. The van der Waals surface area contributed by atoms with E-state index in [1.165, 1.54) is 10.5 Å². The van der Waals surface area contributed by atoms with Crippen molar-refractivity contribution < 1.29 is 14.4 Å². The van der Waals surface area contributed by atoms with Crippen LogP contribution in [0, 0.1) is 12.8 Å². The second-order valence-electron chi connectivity index (χ2n) is 9.83. The Bertz CT molecular complexity index is 1200. The van der Waals surface area contributed by atoms with Gasteiger partial charge in [-0.15, -0.1) is 0 Å². The molecular weight excluding hydrogens is 412 g/mol. The minimum absolute atomic E-state index is 0.0210. The molecule has 3 atom stereocenters. The fourth-order valence-electron chi connectivity index (χ4n) is 4.78. The Morgan fingerprint density at radius 3 is 2.06 bits per heavy atom. The standard InChI is InChI=1S/C28H28N2O3/c1-18-10-8-9-13-22(18)29-26(31)23-24(19-14-16-20(17-15-19)28(2,3)4)30(33-25(23)27(29)32)21-11-6-5-7-12-21/h5-17,23-25H,1-4H3/t23-,24+,25-/m0/s1. The average molecular weight is 441 g/mol. The summed E-state index contributed by atoms with van der Waals surface area (Å²) in [4.78, 5) is 34.7. The van der Waals surface area contributed by atoms with E-state index in [1.807, 2.05) is 61.5 Å². The van der Waals surface area contributed by atoms with Crippen LogP contribution < -0.4 is 9.96 Å². The van der Waals surface area contributed by atoms with Gasteiger partial charge in [-0.25, -0.2) is 9.96 Å². The second kappa shape index (κ2) is 7.85. The van der Waals surface area contributed by atoms with Crippen molar-refractivity contribution >= 4 is 23.2 Å². The molecule has 2 amide bonds. The maximum Gasteiger partial charge on any atom is 0.266 e. The van der Waals surface area contributed by atoms with E-state index in [0.717, 1.165) is 16.8 Å². The van der Waals surface area contributed by atoms with Crippen LogP contribution in [0.1, 0.15) is 43.5 Å². The molecule has 2 aliphatic rings. The first-order chi connectivity index (χ1) is 15.8. The number of hydrogen-bond donors (Lipinski definition) is 0. The van der Waals surface area contributed by atoms with Crippen LogP contribution >= 0.6 is 0 Å². The summed E-state index contributed by atoms with van der Waals surface area (Å²) in [5, 5.41) is 1.74. The Balaban J connectivity index is 1.58. The van der Waals surface area contributed by atoms with Crippen molar-refractivity contribution in [2.24, 2.45) is 5.92 Å². The Morgan fingerprint density at radius 1 is 0.788 bits per heavy atom. The van der Waals surface area contributed by atoms with Gasteiger partial charge in [0.15, 0.2) is 6.10 Å². The summed E-state index contributed by atoms with van der Waals surface area (Å²) >= 11 is 0. The van der Waals surface area contributed by atoms with Crippen molar-refractivity contribution in [3.63, 3.8) is 0 Å². The normalized spacial score (nSPS) is 22.7. The van der Waals surface area contributed by atoms with Crippen LogP contribution in [0.4, 0.5) is 11.4 Å². The molecule has 2 fully saturated rings. The first-order valence-corrected chi connectivity index (χ1v) is 11.3. The molecule has 0 radical (unpaired) electrons. The zero-order valence-corrected chi connectivity index (χ0v) is 19.4. The van der Waals surface area contributed by atoms with Crippen LogP contribution in [0.2, 0.25) is 0 Å². The van der Waals surface area contributed by atoms with E-state index >= 15 is 0 Å². The van der Waals surface area contributed by atoms with Crippen molar-refractivity contribution in [3.8, 4) is 0 Å². The van der Waals surface area contributed by atoms with E-state index in [4.69, 9.17) is 4.84 Å². The Morgan fingerprint density at radius 2 is 1.42 bits per heavy atom. The highest BCUT2D eigenvalue weighted by molar-refractivity contribution is 6.24. The van der Waals surface area contributed by atoms with Crippen LogP contribution in [0.15, 0.2) is 78.9 Å².